The van der Waals surface area contributed by atoms with E-state index in [1.165, 1.54) is 0 Å². The van der Waals surface area contributed by atoms with Gasteiger partial charge in [-0.25, -0.2) is 4.98 Å². The molecule has 7 heteroatoms. The summed E-state index contributed by atoms with van der Waals surface area (Å²) >= 11 is 4.72. The number of pyridine rings is 1. The van der Waals surface area contributed by atoms with E-state index < -0.39 is 11.9 Å². The van der Waals surface area contributed by atoms with Gasteiger partial charge in [0.05, 0.1) is 11.7 Å². The molecule has 94 valence electrons. The Hall–Kier alpha value is -1.37. The Balaban J connectivity index is 3.24. The smallest absolute Gasteiger partial charge is 0.433 e. The average molecular weight is 264 g/mol. The topological polar surface area (TPSA) is 48.1 Å². The highest BCUT2D eigenvalue weighted by Gasteiger charge is 2.33. The van der Waals surface area contributed by atoms with Crippen molar-refractivity contribution >= 4 is 17.2 Å². The van der Waals surface area contributed by atoms with E-state index in [4.69, 9.17) is 22.7 Å². The van der Waals surface area contributed by atoms with Gasteiger partial charge < -0.3 is 10.5 Å². The minimum Gasteiger partial charge on any atom is -0.474 e. The summed E-state index contributed by atoms with van der Waals surface area (Å²) in [6.45, 7) is 3.34. The Morgan fingerprint density at radius 3 is 2.41 bits per heavy atom. The highest BCUT2D eigenvalue weighted by molar-refractivity contribution is 7.80. The number of nitrogens with zero attached hydrogens (tertiary/aromatic N) is 1. The van der Waals surface area contributed by atoms with Crippen molar-refractivity contribution in [2.45, 2.75) is 26.1 Å². The maximum absolute atomic E-state index is 12.5. The van der Waals surface area contributed by atoms with Crippen molar-refractivity contribution in [1.82, 2.24) is 4.98 Å². The Kier molecular flexibility index (Phi) is 3.92. The minimum absolute atomic E-state index is 0.0538. The molecule has 0 aliphatic heterocycles. The number of aromatic nitrogens is 1. The second-order valence-electron chi connectivity index (χ2n) is 3.58. The third-order valence-electron chi connectivity index (χ3n) is 1.76. The van der Waals surface area contributed by atoms with Crippen LogP contribution in [0.3, 0.4) is 0 Å². The summed E-state index contributed by atoms with van der Waals surface area (Å²) in [5, 5.41) is 0. The van der Waals surface area contributed by atoms with Crippen molar-refractivity contribution < 1.29 is 17.9 Å². The van der Waals surface area contributed by atoms with E-state index in [-0.39, 0.29) is 22.5 Å². The summed E-state index contributed by atoms with van der Waals surface area (Å²) in [4.78, 5) is 3.34. The number of thiocarbonyl (C=S) groups is 1. The fourth-order valence-corrected chi connectivity index (χ4v) is 1.25. The standard InChI is InChI=1S/C10H11F3N2OS/c1-5(2)16-9-6(8(14)17)3-4-7(15-9)10(11,12)13/h3-5H,1-2H3,(H2,14,17). The molecule has 1 heterocycles. The SMILES string of the molecule is CC(C)Oc1nc(C(F)(F)F)ccc1C(N)=S. The molecule has 0 aliphatic rings. The van der Waals surface area contributed by atoms with E-state index >= 15 is 0 Å². The zero-order chi connectivity index (χ0) is 13.2. The van der Waals surface area contributed by atoms with E-state index in [1.807, 2.05) is 0 Å². The number of hydrogen-bond acceptors (Lipinski definition) is 3. The van der Waals surface area contributed by atoms with Crippen molar-refractivity contribution in [3.8, 4) is 5.88 Å². The first kappa shape index (κ1) is 13.7. The molecule has 2 N–H and O–H groups in total. The van der Waals surface area contributed by atoms with Gasteiger partial charge >= 0.3 is 6.18 Å². The normalized spacial score (nSPS) is 11.6. The van der Waals surface area contributed by atoms with Crippen molar-refractivity contribution in [2.24, 2.45) is 5.73 Å². The number of halogens is 3. The fourth-order valence-electron chi connectivity index (χ4n) is 1.10. The van der Waals surface area contributed by atoms with Gasteiger partial charge in [0.15, 0.2) is 0 Å². The molecule has 0 atom stereocenters. The number of nitrogens with two attached hydrogens (primary N) is 1. The molecule has 0 unspecified atom stereocenters. The first-order valence-electron chi connectivity index (χ1n) is 4.76. The van der Waals surface area contributed by atoms with Gasteiger partial charge in [-0.05, 0) is 26.0 Å². The van der Waals surface area contributed by atoms with Crippen molar-refractivity contribution in [2.75, 3.05) is 0 Å². The Morgan fingerprint density at radius 2 is 2.00 bits per heavy atom. The largest absolute Gasteiger partial charge is 0.474 e. The second-order valence-corrected chi connectivity index (χ2v) is 4.02. The summed E-state index contributed by atoms with van der Waals surface area (Å²) in [5.74, 6) is -0.192. The third-order valence-corrected chi connectivity index (χ3v) is 1.98. The molecular formula is C10H11F3N2OS. The lowest BCUT2D eigenvalue weighted by Crippen LogP contribution is -2.18. The van der Waals surface area contributed by atoms with Gasteiger partial charge in [-0.3, -0.25) is 0 Å². The van der Waals surface area contributed by atoms with E-state index in [0.29, 0.717) is 0 Å². The molecule has 3 nitrogen and oxygen atoms in total. The van der Waals surface area contributed by atoms with Gasteiger partial charge in [0.2, 0.25) is 5.88 Å². The predicted octanol–water partition coefficient (Wildman–Crippen LogP) is 2.52. The first-order chi connectivity index (χ1) is 7.71. The zero-order valence-electron chi connectivity index (χ0n) is 9.21. The molecule has 1 aromatic heterocycles. The van der Waals surface area contributed by atoms with Crippen LogP contribution in [-0.2, 0) is 6.18 Å². The molecule has 0 aromatic carbocycles. The molecule has 0 saturated heterocycles. The van der Waals surface area contributed by atoms with Gasteiger partial charge in [-0.1, -0.05) is 12.2 Å². The zero-order valence-corrected chi connectivity index (χ0v) is 10.0. The monoisotopic (exact) mass is 264 g/mol. The highest BCUT2D eigenvalue weighted by Crippen LogP contribution is 2.30. The molecule has 0 radical (unpaired) electrons. The minimum atomic E-state index is -4.52. The maximum atomic E-state index is 12.5. The number of alkyl halides is 3. The van der Waals surface area contributed by atoms with Crippen LogP contribution < -0.4 is 10.5 Å². The summed E-state index contributed by atoms with van der Waals surface area (Å²) in [5.41, 5.74) is 4.54. The predicted molar refractivity (Wildman–Crippen MR) is 60.9 cm³/mol. The number of ether oxygens (including phenoxy) is 1. The molecule has 1 rings (SSSR count). The van der Waals surface area contributed by atoms with Crippen LogP contribution >= 0.6 is 12.2 Å². The molecule has 0 fully saturated rings. The summed E-state index contributed by atoms with van der Waals surface area (Å²) in [7, 11) is 0. The lowest BCUT2D eigenvalue weighted by Gasteiger charge is -2.14. The van der Waals surface area contributed by atoms with E-state index in [2.05, 4.69) is 4.98 Å². The van der Waals surface area contributed by atoms with E-state index in [0.717, 1.165) is 12.1 Å². The molecule has 0 aliphatic carbocycles. The van der Waals surface area contributed by atoms with Gasteiger partial charge in [-0.2, -0.15) is 13.2 Å². The summed E-state index contributed by atoms with van der Waals surface area (Å²) < 4.78 is 42.5. The molecule has 1 aromatic rings. The molecule has 0 saturated carbocycles. The Bertz CT molecular complexity index is 432. The van der Waals surface area contributed by atoms with Crippen molar-refractivity contribution in [3.63, 3.8) is 0 Å². The van der Waals surface area contributed by atoms with Crippen LogP contribution in [0.1, 0.15) is 25.1 Å². The van der Waals surface area contributed by atoms with Crippen LogP contribution in [0.4, 0.5) is 13.2 Å². The Morgan fingerprint density at radius 1 is 1.41 bits per heavy atom. The number of hydrogen-bond donors (Lipinski definition) is 1. The van der Waals surface area contributed by atoms with Gasteiger partial charge in [0, 0.05) is 0 Å². The van der Waals surface area contributed by atoms with Crippen LogP contribution in [0, 0.1) is 0 Å². The molecule has 0 amide bonds. The van der Waals surface area contributed by atoms with Gasteiger partial charge in [-0.15, -0.1) is 0 Å². The van der Waals surface area contributed by atoms with Crippen LogP contribution in [0.2, 0.25) is 0 Å². The van der Waals surface area contributed by atoms with Gasteiger partial charge in [0.25, 0.3) is 0 Å². The summed E-state index contributed by atoms with van der Waals surface area (Å²) in [6.07, 6.45) is -4.84. The second kappa shape index (κ2) is 4.87. The number of rotatable bonds is 3. The molecular weight excluding hydrogens is 253 g/mol. The summed E-state index contributed by atoms with van der Waals surface area (Å²) in [6, 6.07) is 1.98. The van der Waals surface area contributed by atoms with Gasteiger partial charge in [0.1, 0.15) is 10.7 Å². The van der Waals surface area contributed by atoms with Crippen LogP contribution in [-0.4, -0.2) is 16.1 Å². The average Bonchev–Trinajstić information content (AvgIpc) is 2.14. The first-order valence-corrected chi connectivity index (χ1v) is 5.17. The van der Waals surface area contributed by atoms with E-state index in [1.54, 1.807) is 13.8 Å². The lowest BCUT2D eigenvalue weighted by atomic mass is 10.2. The lowest BCUT2D eigenvalue weighted by molar-refractivity contribution is -0.141. The van der Waals surface area contributed by atoms with Crippen LogP contribution in [0.5, 0.6) is 5.88 Å². The van der Waals surface area contributed by atoms with Crippen LogP contribution in [0.15, 0.2) is 12.1 Å². The van der Waals surface area contributed by atoms with Crippen LogP contribution in [0.25, 0.3) is 0 Å². The molecule has 0 bridgehead atoms. The van der Waals surface area contributed by atoms with Crippen molar-refractivity contribution in [1.29, 1.82) is 0 Å². The molecule has 17 heavy (non-hydrogen) atoms. The van der Waals surface area contributed by atoms with E-state index in [9.17, 15) is 13.2 Å². The molecule has 0 spiro atoms. The highest BCUT2D eigenvalue weighted by atomic mass is 32.1. The fraction of sp³-hybridized carbons (Fsp3) is 0.400. The maximum Gasteiger partial charge on any atom is 0.433 e. The third kappa shape index (κ3) is 3.55. The van der Waals surface area contributed by atoms with Crippen molar-refractivity contribution in [3.05, 3.63) is 23.4 Å². The Labute approximate surface area is 102 Å². The quantitative estimate of drug-likeness (QED) is 0.852.